The van der Waals surface area contributed by atoms with Crippen LogP contribution < -0.4 is 0 Å². The fourth-order valence-corrected chi connectivity index (χ4v) is 1.70. The number of carbonyl (C=O) groups is 1. The predicted octanol–water partition coefficient (Wildman–Crippen LogP) is 1.16. The maximum Gasteiger partial charge on any atom is 0.435 e. The molecule has 1 amide bonds. The van der Waals surface area contributed by atoms with Crippen LogP contribution in [0.5, 0.6) is 0 Å². The van der Waals surface area contributed by atoms with Gasteiger partial charge in [-0.1, -0.05) is 13.8 Å². The van der Waals surface area contributed by atoms with Crippen molar-refractivity contribution in [2.75, 3.05) is 46.6 Å². The first kappa shape index (κ1) is 14.9. The fourth-order valence-electron chi connectivity index (χ4n) is 1.70. The number of ether oxygens (including phenoxy) is 3. The molecule has 18 heavy (non-hydrogen) atoms. The summed E-state index contributed by atoms with van der Waals surface area (Å²) in [6.45, 7) is 7.51. The Hall–Kier alpha value is -1.14. The lowest BCUT2D eigenvalue weighted by Crippen LogP contribution is -2.43. The van der Waals surface area contributed by atoms with Crippen molar-refractivity contribution in [1.29, 1.82) is 0 Å². The zero-order valence-electron chi connectivity index (χ0n) is 11.3. The number of hydrogen-bond acceptors (Lipinski definition) is 4. The van der Waals surface area contributed by atoms with Crippen LogP contribution in [0.15, 0.2) is 4.99 Å². The number of methoxy groups -OCH3 is 1. The van der Waals surface area contributed by atoms with Gasteiger partial charge < -0.3 is 19.1 Å². The molecular weight excluding hydrogens is 236 g/mol. The molecule has 0 aromatic heterocycles. The number of nitrogens with zero attached hydrogens (tertiary/aromatic N) is 2. The standard InChI is InChI=1S/C12H22N2O4/c1-10(2)11(14-4-6-17-7-5-14)13-12(15)18-9-8-16-3/h10H,4-9H2,1-3H3/b13-11-. The normalized spacial score (nSPS) is 17.1. The van der Waals surface area contributed by atoms with Gasteiger partial charge >= 0.3 is 6.09 Å². The molecule has 6 heteroatoms. The van der Waals surface area contributed by atoms with Crippen molar-refractivity contribution in [3.8, 4) is 0 Å². The molecule has 0 bridgehead atoms. The zero-order valence-corrected chi connectivity index (χ0v) is 11.3. The van der Waals surface area contributed by atoms with E-state index in [1.54, 1.807) is 7.11 Å². The summed E-state index contributed by atoms with van der Waals surface area (Å²) in [4.78, 5) is 17.7. The van der Waals surface area contributed by atoms with Gasteiger partial charge in [-0.3, -0.25) is 0 Å². The Bertz CT molecular complexity index is 286. The molecule has 1 fully saturated rings. The molecule has 0 aromatic carbocycles. The highest BCUT2D eigenvalue weighted by Gasteiger charge is 2.19. The van der Waals surface area contributed by atoms with E-state index in [1.807, 2.05) is 13.8 Å². The van der Waals surface area contributed by atoms with E-state index in [4.69, 9.17) is 14.2 Å². The summed E-state index contributed by atoms with van der Waals surface area (Å²) >= 11 is 0. The fraction of sp³-hybridized carbons (Fsp3) is 0.833. The van der Waals surface area contributed by atoms with Crippen LogP contribution in [-0.2, 0) is 14.2 Å². The minimum atomic E-state index is -0.553. The van der Waals surface area contributed by atoms with Crippen molar-refractivity contribution in [2.45, 2.75) is 13.8 Å². The molecule has 0 aromatic rings. The van der Waals surface area contributed by atoms with Crippen LogP contribution in [0, 0.1) is 5.92 Å². The molecule has 0 aliphatic carbocycles. The number of carbonyl (C=O) groups excluding carboxylic acids is 1. The van der Waals surface area contributed by atoms with Gasteiger partial charge in [0, 0.05) is 26.1 Å². The summed E-state index contributed by atoms with van der Waals surface area (Å²) in [5, 5.41) is 0. The third-order valence-electron chi connectivity index (χ3n) is 2.57. The molecule has 0 saturated carbocycles. The molecule has 1 saturated heterocycles. The van der Waals surface area contributed by atoms with Gasteiger partial charge in [0.15, 0.2) is 0 Å². The first-order valence-electron chi connectivity index (χ1n) is 6.22. The summed E-state index contributed by atoms with van der Waals surface area (Å²) < 4.78 is 15.0. The minimum absolute atomic E-state index is 0.179. The Morgan fingerprint density at radius 3 is 2.56 bits per heavy atom. The monoisotopic (exact) mass is 258 g/mol. The predicted molar refractivity (Wildman–Crippen MR) is 67.9 cm³/mol. The van der Waals surface area contributed by atoms with Crippen LogP contribution in [0.4, 0.5) is 4.79 Å². The van der Waals surface area contributed by atoms with E-state index in [-0.39, 0.29) is 12.5 Å². The van der Waals surface area contributed by atoms with Crippen molar-refractivity contribution in [2.24, 2.45) is 10.9 Å². The average Bonchev–Trinajstić information content (AvgIpc) is 2.37. The second kappa shape index (κ2) is 8.05. The molecule has 104 valence electrons. The number of hydrogen-bond donors (Lipinski definition) is 0. The Labute approximate surface area is 108 Å². The maximum atomic E-state index is 11.6. The molecular formula is C12H22N2O4. The molecule has 6 nitrogen and oxygen atoms in total. The summed E-state index contributed by atoms with van der Waals surface area (Å²) in [5.74, 6) is 0.943. The summed E-state index contributed by atoms with van der Waals surface area (Å²) in [6, 6.07) is 0. The number of aliphatic imine (C=N–C) groups is 1. The average molecular weight is 258 g/mol. The second-order valence-corrected chi connectivity index (χ2v) is 4.33. The highest BCUT2D eigenvalue weighted by atomic mass is 16.6. The Morgan fingerprint density at radius 2 is 2.00 bits per heavy atom. The number of amidine groups is 1. The molecule has 1 rings (SSSR count). The largest absolute Gasteiger partial charge is 0.445 e. The third-order valence-corrected chi connectivity index (χ3v) is 2.57. The van der Waals surface area contributed by atoms with Gasteiger partial charge in [0.25, 0.3) is 0 Å². The molecule has 0 unspecified atom stereocenters. The Balaban J connectivity index is 2.56. The smallest absolute Gasteiger partial charge is 0.435 e. The number of morpholine rings is 1. The molecule has 0 N–H and O–H groups in total. The SMILES string of the molecule is COCCOC(=O)/N=C(/C(C)C)N1CCOCC1. The summed E-state index contributed by atoms with van der Waals surface area (Å²) in [7, 11) is 1.56. The summed E-state index contributed by atoms with van der Waals surface area (Å²) in [5.41, 5.74) is 0. The van der Waals surface area contributed by atoms with E-state index in [2.05, 4.69) is 9.89 Å². The van der Waals surface area contributed by atoms with Crippen LogP contribution in [-0.4, -0.2) is 63.5 Å². The first-order chi connectivity index (χ1) is 8.65. The molecule has 0 spiro atoms. The van der Waals surface area contributed by atoms with Gasteiger partial charge in [-0.25, -0.2) is 4.79 Å². The van der Waals surface area contributed by atoms with Gasteiger partial charge in [-0.2, -0.15) is 4.99 Å². The van der Waals surface area contributed by atoms with Crippen molar-refractivity contribution in [3.63, 3.8) is 0 Å². The lowest BCUT2D eigenvalue weighted by molar-refractivity contribution is 0.0657. The van der Waals surface area contributed by atoms with Crippen LogP contribution in [0.1, 0.15) is 13.8 Å². The van der Waals surface area contributed by atoms with Crippen molar-refractivity contribution >= 4 is 11.9 Å². The van der Waals surface area contributed by atoms with Crippen LogP contribution >= 0.6 is 0 Å². The maximum absolute atomic E-state index is 11.6. The third kappa shape index (κ3) is 5.01. The highest BCUT2D eigenvalue weighted by Crippen LogP contribution is 2.08. The van der Waals surface area contributed by atoms with Crippen LogP contribution in [0.2, 0.25) is 0 Å². The molecule has 1 aliphatic rings. The van der Waals surface area contributed by atoms with Gasteiger partial charge in [-0.15, -0.1) is 0 Å². The van der Waals surface area contributed by atoms with E-state index in [0.717, 1.165) is 18.9 Å². The van der Waals surface area contributed by atoms with E-state index in [1.165, 1.54) is 0 Å². The van der Waals surface area contributed by atoms with Crippen molar-refractivity contribution in [3.05, 3.63) is 0 Å². The van der Waals surface area contributed by atoms with Gasteiger partial charge in [-0.05, 0) is 0 Å². The quantitative estimate of drug-likeness (QED) is 0.430. The van der Waals surface area contributed by atoms with Gasteiger partial charge in [0.1, 0.15) is 12.4 Å². The first-order valence-corrected chi connectivity index (χ1v) is 6.22. The van der Waals surface area contributed by atoms with E-state index in [0.29, 0.717) is 19.8 Å². The van der Waals surface area contributed by atoms with E-state index in [9.17, 15) is 4.79 Å². The van der Waals surface area contributed by atoms with E-state index < -0.39 is 6.09 Å². The Kier molecular flexibility index (Phi) is 6.67. The molecule has 1 heterocycles. The van der Waals surface area contributed by atoms with Crippen LogP contribution in [0.3, 0.4) is 0 Å². The second-order valence-electron chi connectivity index (χ2n) is 4.33. The lowest BCUT2D eigenvalue weighted by Gasteiger charge is -2.31. The molecule has 0 atom stereocenters. The lowest BCUT2D eigenvalue weighted by atomic mass is 10.1. The van der Waals surface area contributed by atoms with E-state index >= 15 is 0 Å². The topological polar surface area (TPSA) is 60.4 Å². The van der Waals surface area contributed by atoms with Gasteiger partial charge in [0.05, 0.1) is 19.8 Å². The Morgan fingerprint density at radius 1 is 1.33 bits per heavy atom. The highest BCUT2D eigenvalue weighted by molar-refractivity contribution is 5.93. The zero-order chi connectivity index (χ0) is 13.4. The number of amides is 1. The minimum Gasteiger partial charge on any atom is -0.445 e. The van der Waals surface area contributed by atoms with Crippen molar-refractivity contribution in [1.82, 2.24) is 4.90 Å². The summed E-state index contributed by atoms with van der Waals surface area (Å²) in [6.07, 6.45) is -0.553. The number of rotatable bonds is 4. The molecule has 1 aliphatic heterocycles. The van der Waals surface area contributed by atoms with Crippen molar-refractivity contribution < 1.29 is 19.0 Å². The van der Waals surface area contributed by atoms with Crippen LogP contribution in [0.25, 0.3) is 0 Å². The molecule has 0 radical (unpaired) electrons. The van der Waals surface area contributed by atoms with Gasteiger partial charge in [0.2, 0.25) is 0 Å².